The van der Waals surface area contributed by atoms with Crippen LogP contribution in [-0.2, 0) is 9.59 Å². The van der Waals surface area contributed by atoms with Crippen molar-refractivity contribution in [3.05, 3.63) is 83.4 Å². The summed E-state index contributed by atoms with van der Waals surface area (Å²) < 4.78 is 14.6. The maximum atomic E-state index is 14.6. The summed E-state index contributed by atoms with van der Waals surface area (Å²) in [6.07, 6.45) is 3.42. The normalized spacial score (nSPS) is 17.8. The van der Waals surface area contributed by atoms with Gasteiger partial charge >= 0.3 is 0 Å². The maximum Gasteiger partial charge on any atom is 0.250 e. The number of benzene rings is 2. The van der Waals surface area contributed by atoms with Crippen LogP contribution in [0, 0.1) is 11.2 Å². The Kier molecular flexibility index (Phi) is 6.54. The molecule has 6 heteroatoms. The minimum atomic E-state index is -0.914. The van der Waals surface area contributed by atoms with Gasteiger partial charge in [-0.2, -0.15) is 0 Å². The Morgan fingerprint density at radius 1 is 1.17 bits per heavy atom. The summed E-state index contributed by atoms with van der Waals surface area (Å²) in [7, 11) is 0. The molecule has 1 saturated heterocycles. The molecule has 1 aliphatic heterocycles. The number of aliphatic hydroxyl groups excluding tert-OH is 1. The smallest absolute Gasteiger partial charge is 0.250 e. The highest BCUT2D eigenvalue weighted by Gasteiger charge is 2.32. The number of Topliss-reactive ketones (excluding diaryl/α,β-unsaturated/α-hetero) is 1. The minimum Gasteiger partial charge on any atom is -0.504 e. The molecule has 0 saturated carbocycles. The molecule has 1 aliphatic rings. The van der Waals surface area contributed by atoms with Crippen LogP contribution in [0.4, 0.5) is 4.39 Å². The number of ketones is 1. The number of amides is 1. The average molecular weight is 394 g/mol. The van der Waals surface area contributed by atoms with E-state index in [1.165, 1.54) is 6.07 Å². The third kappa shape index (κ3) is 4.77. The largest absolute Gasteiger partial charge is 0.504 e. The number of carbonyl (C=O) groups excluding carboxylic acids is 2. The third-order valence-electron chi connectivity index (χ3n) is 5.29. The summed E-state index contributed by atoms with van der Waals surface area (Å²) in [6, 6.07) is 16.1. The van der Waals surface area contributed by atoms with E-state index >= 15 is 0 Å². The van der Waals surface area contributed by atoms with Crippen LogP contribution in [0.5, 0.6) is 0 Å². The number of hydrogen-bond acceptors (Lipinski definition) is 4. The molecule has 2 aromatic carbocycles. The number of allylic oxidation sites excluding steroid dienone is 1. The number of carbonyl (C=O) groups is 2. The predicted molar refractivity (Wildman–Crippen MR) is 109 cm³/mol. The van der Waals surface area contributed by atoms with E-state index in [1.54, 1.807) is 23.1 Å². The van der Waals surface area contributed by atoms with Gasteiger partial charge in [-0.05, 0) is 36.5 Å². The second kappa shape index (κ2) is 9.28. The molecule has 3 rings (SSSR count). The van der Waals surface area contributed by atoms with Crippen molar-refractivity contribution in [1.82, 2.24) is 4.90 Å². The van der Waals surface area contributed by atoms with Crippen molar-refractivity contribution < 1.29 is 19.1 Å². The Balaban J connectivity index is 1.87. The van der Waals surface area contributed by atoms with E-state index in [-0.39, 0.29) is 17.8 Å². The van der Waals surface area contributed by atoms with E-state index in [9.17, 15) is 19.1 Å². The molecule has 1 heterocycles. The fraction of sp³-hybridized carbons (Fsp3) is 0.261. The van der Waals surface area contributed by atoms with Crippen LogP contribution in [0.25, 0.3) is 0 Å². The number of aliphatic hydroxyl groups is 1. The second-order valence-corrected chi connectivity index (χ2v) is 7.09. The van der Waals surface area contributed by atoms with Gasteiger partial charge in [-0.15, -0.1) is 0 Å². The number of rotatable bonds is 7. The van der Waals surface area contributed by atoms with Crippen LogP contribution < -0.4 is 0 Å². The van der Waals surface area contributed by atoms with Gasteiger partial charge in [0, 0.05) is 24.6 Å². The predicted octanol–water partition coefficient (Wildman–Crippen LogP) is 4.00. The molecule has 29 heavy (non-hydrogen) atoms. The fourth-order valence-corrected chi connectivity index (χ4v) is 3.87. The number of halogens is 1. The molecule has 2 atom stereocenters. The fourth-order valence-electron chi connectivity index (χ4n) is 3.87. The standard InChI is InChI=1S/C23H23FN2O3/c24-20-11-5-4-10-18(20)19(16-7-2-1-3-8-16)13-17-9-6-12-26(17)23(29)14-21(27)22(28)15-25/h1-5,7-8,10-11,14-15,17,19,25,27H,6,9,12-13H2/b21-14-,25-15?/t17-,19+/m1/s1. The lowest BCUT2D eigenvalue weighted by molar-refractivity contribution is -0.127. The van der Waals surface area contributed by atoms with E-state index in [2.05, 4.69) is 0 Å². The van der Waals surface area contributed by atoms with Crippen molar-refractivity contribution in [3.8, 4) is 0 Å². The quantitative estimate of drug-likeness (QED) is 0.423. The summed E-state index contributed by atoms with van der Waals surface area (Å²) >= 11 is 0. The van der Waals surface area contributed by atoms with Crippen molar-refractivity contribution in [2.24, 2.45) is 0 Å². The van der Waals surface area contributed by atoms with Gasteiger partial charge in [0.1, 0.15) is 5.82 Å². The summed E-state index contributed by atoms with van der Waals surface area (Å²) in [6.45, 7) is 0.505. The summed E-state index contributed by atoms with van der Waals surface area (Å²) in [5.74, 6) is -2.64. The first-order chi connectivity index (χ1) is 14.0. The van der Waals surface area contributed by atoms with Crippen LogP contribution in [0.15, 0.2) is 66.4 Å². The molecule has 2 aromatic rings. The van der Waals surface area contributed by atoms with Crippen LogP contribution >= 0.6 is 0 Å². The topological polar surface area (TPSA) is 81.5 Å². The van der Waals surface area contributed by atoms with Crippen molar-refractivity contribution in [3.63, 3.8) is 0 Å². The number of likely N-dealkylation sites (tertiary alicyclic amines) is 1. The van der Waals surface area contributed by atoms with Gasteiger partial charge in [-0.3, -0.25) is 9.59 Å². The zero-order chi connectivity index (χ0) is 20.8. The molecule has 0 bridgehead atoms. The molecule has 0 unspecified atom stereocenters. The minimum absolute atomic E-state index is 0.147. The molecule has 0 aromatic heterocycles. The Morgan fingerprint density at radius 2 is 1.86 bits per heavy atom. The van der Waals surface area contributed by atoms with Gasteiger partial charge < -0.3 is 15.4 Å². The van der Waals surface area contributed by atoms with Crippen LogP contribution in [0.2, 0.25) is 0 Å². The Hall–Kier alpha value is -3.28. The molecule has 0 radical (unpaired) electrons. The summed E-state index contributed by atoms with van der Waals surface area (Å²) in [5, 5.41) is 16.6. The number of nitrogens with zero attached hydrogens (tertiary/aromatic N) is 1. The third-order valence-corrected chi connectivity index (χ3v) is 5.29. The highest BCUT2D eigenvalue weighted by atomic mass is 19.1. The molecule has 5 nitrogen and oxygen atoms in total. The van der Waals surface area contributed by atoms with Crippen molar-refractivity contribution in [1.29, 1.82) is 5.41 Å². The lowest BCUT2D eigenvalue weighted by Gasteiger charge is -2.28. The Labute approximate surface area is 169 Å². The molecule has 2 N–H and O–H groups in total. The lowest BCUT2D eigenvalue weighted by atomic mass is 9.85. The first kappa shape index (κ1) is 20.5. The van der Waals surface area contributed by atoms with E-state index < -0.39 is 17.4 Å². The Morgan fingerprint density at radius 3 is 2.55 bits per heavy atom. The van der Waals surface area contributed by atoms with Crippen molar-refractivity contribution in [2.75, 3.05) is 6.54 Å². The van der Waals surface area contributed by atoms with E-state index in [0.29, 0.717) is 24.7 Å². The maximum absolute atomic E-state index is 14.6. The molecular weight excluding hydrogens is 371 g/mol. The van der Waals surface area contributed by atoms with Crippen molar-refractivity contribution >= 4 is 17.9 Å². The SMILES string of the molecule is N=CC(=O)/C(O)=C/C(=O)N1CCC[C@@H]1C[C@@H](c1ccccc1)c1ccccc1F. The molecule has 0 spiro atoms. The highest BCUT2D eigenvalue weighted by molar-refractivity contribution is 6.33. The summed E-state index contributed by atoms with van der Waals surface area (Å²) in [4.78, 5) is 25.6. The Bertz CT molecular complexity index is 927. The van der Waals surface area contributed by atoms with Gasteiger partial charge in [-0.25, -0.2) is 4.39 Å². The van der Waals surface area contributed by atoms with E-state index in [1.807, 2.05) is 30.3 Å². The zero-order valence-corrected chi connectivity index (χ0v) is 15.9. The van der Waals surface area contributed by atoms with Crippen LogP contribution in [0.3, 0.4) is 0 Å². The lowest BCUT2D eigenvalue weighted by Crippen LogP contribution is -2.36. The molecule has 1 fully saturated rings. The van der Waals surface area contributed by atoms with Gasteiger partial charge in [-0.1, -0.05) is 48.5 Å². The number of hydrogen-bond donors (Lipinski definition) is 2. The average Bonchev–Trinajstić information content (AvgIpc) is 3.21. The van der Waals surface area contributed by atoms with Gasteiger partial charge in [0.05, 0.1) is 6.21 Å². The van der Waals surface area contributed by atoms with Crippen LogP contribution in [-0.4, -0.2) is 40.5 Å². The molecule has 0 aliphatic carbocycles. The van der Waals surface area contributed by atoms with Gasteiger partial charge in [0.15, 0.2) is 5.76 Å². The summed E-state index contributed by atoms with van der Waals surface area (Å²) in [5.41, 5.74) is 1.55. The zero-order valence-electron chi connectivity index (χ0n) is 15.9. The second-order valence-electron chi connectivity index (χ2n) is 7.09. The van der Waals surface area contributed by atoms with Crippen molar-refractivity contribution in [2.45, 2.75) is 31.2 Å². The highest BCUT2D eigenvalue weighted by Crippen LogP contribution is 2.35. The molecule has 150 valence electrons. The van der Waals surface area contributed by atoms with E-state index in [0.717, 1.165) is 24.5 Å². The molecule has 1 amide bonds. The monoisotopic (exact) mass is 394 g/mol. The van der Waals surface area contributed by atoms with Gasteiger partial charge in [0.25, 0.3) is 5.91 Å². The van der Waals surface area contributed by atoms with Crippen LogP contribution in [0.1, 0.15) is 36.3 Å². The van der Waals surface area contributed by atoms with E-state index in [4.69, 9.17) is 5.41 Å². The first-order valence-corrected chi connectivity index (χ1v) is 9.56. The molecular formula is C23H23FN2O3. The number of nitrogens with one attached hydrogen (secondary N) is 1. The first-order valence-electron chi connectivity index (χ1n) is 9.56. The van der Waals surface area contributed by atoms with Gasteiger partial charge in [0.2, 0.25) is 5.78 Å².